The van der Waals surface area contributed by atoms with Crippen LogP contribution in [0.3, 0.4) is 0 Å². The number of aliphatic hydroxyl groups excluding tert-OH is 2. The largest absolute Gasteiger partial charge is 0.487 e. The molecule has 0 heterocycles. The molecule has 2 unspecified atom stereocenters. The molecule has 8 heteroatoms. The number of hydrogen-bond acceptors (Lipinski definition) is 6. The molecule has 0 fully saturated rings. The fourth-order valence-electron chi connectivity index (χ4n) is 0.645. The van der Waals surface area contributed by atoms with E-state index in [1.54, 1.807) is 0 Å². The lowest BCUT2D eigenvalue weighted by Crippen LogP contribution is -2.42. The molecule has 0 aliphatic rings. The molecular weight excluding hydrogens is 178 g/mol. The topological polar surface area (TPSA) is 99.4 Å². The maximum atomic E-state index is 9.25. The summed E-state index contributed by atoms with van der Waals surface area (Å²) in [6, 6.07) is 0. The Labute approximate surface area is 77.7 Å². The third kappa shape index (κ3) is 4.08. The summed E-state index contributed by atoms with van der Waals surface area (Å²) in [5, 5.41) is 34.6. The molecule has 2 atom stereocenters. The maximum Gasteiger partial charge on any atom is 0.487 e. The SMILES string of the molecule is CC(CO)(CO[B]O)C(O)O[B]O. The summed E-state index contributed by atoms with van der Waals surface area (Å²) in [6.45, 7) is 0.898. The van der Waals surface area contributed by atoms with Crippen LogP contribution >= 0.6 is 0 Å². The van der Waals surface area contributed by atoms with E-state index in [1.165, 1.54) is 6.92 Å². The van der Waals surface area contributed by atoms with E-state index in [2.05, 4.69) is 9.31 Å². The minimum atomic E-state index is -1.41. The van der Waals surface area contributed by atoms with Gasteiger partial charge in [-0.15, -0.1) is 0 Å². The molecule has 0 rings (SSSR count). The Bertz CT molecular complexity index is 136. The molecule has 4 N–H and O–H groups in total. The van der Waals surface area contributed by atoms with E-state index in [9.17, 15) is 5.11 Å². The van der Waals surface area contributed by atoms with Gasteiger partial charge in [0.15, 0.2) is 6.29 Å². The van der Waals surface area contributed by atoms with E-state index in [-0.39, 0.29) is 6.61 Å². The molecule has 0 bridgehead atoms. The van der Waals surface area contributed by atoms with E-state index >= 15 is 0 Å². The molecule has 0 saturated carbocycles. The predicted octanol–water partition coefficient (Wildman–Crippen LogP) is -2.61. The molecule has 74 valence electrons. The van der Waals surface area contributed by atoms with Gasteiger partial charge in [-0.3, -0.25) is 0 Å². The normalized spacial score (nSPS) is 17.6. The van der Waals surface area contributed by atoms with E-state index in [0.717, 1.165) is 0 Å². The summed E-state index contributed by atoms with van der Waals surface area (Å²) < 4.78 is 8.84. The molecule has 6 nitrogen and oxygen atoms in total. The lowest BCUT2D eigenvalue weighted by Gasteiger charge is -2.31. The molecule has 0 saturated heterocycles. The summed E-state index contributed by atoms with van der Waals surface area (Å²) in [5.74, 6) is 0. The zero-order valence-electron chi connectivity index (χ0n) is 7.25. The van der Waals surface area contributed by atoms with E-state index < -0.39 is 18.3 Å². The van der Waals surface area contributed by atoms with Gasteiger partial charge < -0.3 is 29.6 Å². The summed E-state index contributed by atoms with van der Waals surface area (Å²) in [7, 11) is 0.768. The van der Waals surface area contributed by atoms with Crippen molar-refractivity contribution in [2.24, 2.45) is 5.41 Å². The van der Waals surface area contributed by atoms with E-state index in [0.29, 0.717) is 15.4 Å². The van der Waals surface area contributed by atoms with E-state index in [4.69, 9.17) is 15.2 Å². The molecule has 0 amide bonds. The van der Waals surface area contributed by atoms with Gasteiger partial charge in [-0.05, 0) is 0 Å². The second-order valence-electron chi connectivity index (χ2n) is 2.82. The molecule has 0 aromatic rings. The average molecular weight is 190 g/mol. The number of rotatable bonds is 7. The van der Waals surface area contributed by atoms with Crippen molar-refractivity contribution in [2.45, 2.75) is 13.2 Å². The van der Waals surface area contributed by atoms with E-state index in [1.807, 2.05) is 0 Å². The summed E-state index contributed by atoms with van der Waals surface area (Å²) in [5.41, 5.74) is -1.11. The van der Waals surface area contributed by atoms with Crippen molar-refractivity contribution in [3.63, 3.8) is 0 Å². The molecule has 0 aliphatic carbocycles. The number of aliphatic hydroxyl groups is 2. The molecule has 0 aromatic heterocycles. The van der Waals surface area contributed by atoms with Gasteiger partial charge in [0.1, 0.15) is 0 Å². The van der Waals surface area contributed by atoms with Crippen molar-refractivity contribution in [1.29, 1.82) is 0 Å². The Kier molecular flexibility index (Phi) is 6.31. The molecule has 13 heavy (non-hydrogen) atoms. The van der Waals surface area contributed by atoms with Gasteiger partial charge in [-0.2, -0.15) is 0 Å². The van der Waals surface area contributed by atoms with Crippen molar-refractivity contribution >= 4 is 15.4 Å². The first-order valence-corrected chi connectivity index (χ1v) is 3.58. The van der Waals surface area contributed by atoms with Crippen LogP contribution in [0.15, 0.2) is 0 Å². The van der Waals surface area contributed by atoms with Crippen LogP contribution in [-0.2, 0) is 9.31 Å². The lowest BCUT2D eigenvalue weighted by molar-refractivity contribution is -0.145. The van der Waals surface area contributed by atoms with Gasteiger partial charge in [-0.25, -0.2) is 0 Å². The van der Waals surface area contributed by atoms with Crippen LogP contribution in [0.25, 0.3) is 0 Å². The summed E-state index contributed by atoms with van der Waals surface area (Å²) in [4.78, 5) is 0. The van der Waals surface area contributed by atoms with Crippen molar-refractivity contribution in [2.75, 3.05) is 13.2 Å². The maximum absolute atomic E-state index is 9.25. The van der Waals surface area contributed by atoms with Gasteiger partial charge in [0.05, 0.1) is 12.0 Å². The summed E-state index contributed by atoms with van der Waals surface area (Å²) in [6.07, 6.45) is -1.41. The Hall–Kier alpha value is -0.110. The Balaban J connectivity index is 4.07. The number of hydrogen-bond donors (Lipinski definition) is 4. The molecule has 2 radical (unpaired) electrons. The Morgan fingerprint density at radius 2 is 2.00 bits per heavy atom. The van der Waals surface area contributed by atoms with Gasteiger partial charge in [-0.1, -0.05) is 6.92 Å². The quantitative estimate of drug-likeness (QED) is 0.259. The first-order chi connectivity index (χ1) is 6.10. The first kappa shape index (κ1) is 12.9. The Morgan fingerprint density at radius 1 is 1.38 bits per heavy atom. The highest BCUT2D eigenvalue weighted by Crippen LogP contribution is 2.21. The second kappa shape index (κ2) is 6.36. The smallest absolute Gasteiger partial charge is 0.429 e. The third-order valence-corrected chi connectivity index (χ3v) is 1.63. The lowest BCUT2D eigenvalue weighted by atomic mass is 9.91. The van der Waals surface area contributed by atoms with Gasteiger partial charge >= 0.3 is 15.4 Å². The van der Waals surface area contributed by atoms with Crippen LogP contribution in [0, 0.1) is 5.41 Å². The van der Waals surface area contributed by atoms with Crippen LogP contribution in [0.2, 0.25) is 0 Å². The van der Waals surface area contributed by atoms with Gasteiger partial charge in [0.2, 0.25) is 0 Å². The van der Waals surface area contributed by atoms with Crippen LogP contribution in [0.4, 0.5) is 0 Å². The minimum absolute atomic E-state index is 0.144. The zero-order valence-corrected chi connectivity index (χ0v) is 7.25. The average Bonchev–Trinajstić information content (AvgIpc) is 2.14. The van der Waals surface area contributed by atoms with Crippen molar-refractivity contribution < 1.29 is 29.6 Å². The highest BCUT2D eigenvalue weighted by Gasteiger charge is 2.33. The van der Waals surface area contributed by atoms with Crippen LogP contribution in [0.1, 0.15) is 6.92 Å². The third-order valence-electron chi connectivity index (χ3n) is 1.63. The molecular formula is C5H12B2O6. The first-order valence-electron chi connectivity index (χ1n) is 3.58. The fraction of sp³-hybridized carbons (Fsp3) is 1.00. The Morgan fingerprint density at radius 3 is 2.38 bits per heavy atom. The standard InChI is InChI=1S/C5H12B2O6/c1-5(2-8,3-12-6-10)4(9)13-7-11/h4,8-11H,2-3H2,1H3. The van der Waals surface area contributed by atoms with Gasteiger partial charge in [0, 0.05) is 6.61 Å². The fourth-order valence-corrected chi connectivity index (χ4v) is 0.645. The van der Waals surface area contributed by atoms with Crippen LogP contribution < -0.4 is 0 Å². The van der Waals surface area contributed by atoms with Crippen molar-refractivity contribution in [1.82, 2.24) is 0 Å². The molecule has 0 aromatic carbocycles. The predicted molar refractivity (Wildman–Crippen MR) is 44.2 cm³/mol. The van der Waals surface area contributed by atoms with Crippen LogP contribution in [-0.4, -0.2) is 55.1 Å². The zero-order chi connectivity index (χ0) is 10.3. The van der Waals surface area contributed by atoms with Gasteiger partial charge in [0.25, 0.3) is 0 Å². The van der Waals surface area contributed by atoms with Crippen molar-refractivity contribution in [3.05, 3.63) is 0 Å². The van der Waals surface area contributed by atoms with Crippen molar-refractivity contribution in [3.8, 4) is 0 Å². The highest BCUT2D eigenvalue weighted by molar-refractivity contribution is 6.16. The highest BCUT2D eigenvalue weighted by atomic mass is 16.6. The summed E-state index contributed by atoms with van der Waals surface area (Å²) >= 11 is 0. The molecule has 0 aliphatic heterocycles. The minimum Gasteiger partial charge on any atom is -0.429 e. The molecule has 0 spiro atoms. The second-order valence-corrected chi connectivity index (χ2v) is 2.82. The monoisotopic (exact) mass is 190 g/mol. The van der Waals surface area contributed by atoms with Crippen LogP contribution in [0.5, 0.6) is 0 Å².